The van der Waals surface area contributed by atoms with E-state index in [0.29, 0.717) is 12.8 Å². The van der Waals surface area contributed by atoms with E-state index < -0.39 is 18.1 Å². The monoisotopic (exact) mass is 212 g/mol. The molecule has 0 rings (SSSR count). The Bertz CT molecular complexity index is 183. The summed E-state index contributed by atoms with van der Waals surface area (Å²) >= 11 is 0. The average Bonchev–Trinajstić information content (AvgIpc) is 2.11. The molecule has 2 nitrogen and oxygen atoms in total. The van der Waals surface area contributed by atoms with Gasteiger partial charge in [0, 0.05) is 0 Å². The SMILES string of the molecule is CCCCCCC(F)C(F)(F)C(=O)O. The molecule has 0 heterocycles. The highest BCUT2D eigenvalue weighted by atomic mass is 19.3. The second-order valence-corrected chi connectivity index (χ2v) is 3.24. The zero-order valence-corrected chi connectivity index (χ0v) is 8.10. The van der Waals surface area contributed by atoms with Gasteiger partial charge in [0.25, 0.3) is 0 Å². The number of hydrogen-bond acceptors (Lipinski definition) is 1. The van der Waals surface area contributed by atoms with E-state index in [1.54, 1.807) is 0 Å². The van der Waals surface area contributed by atoms with Crippen molar-refractivity contribution >= 4 is 5.97 Å². The maximum absolute atomic E-state index is 12.7. The van der Waals surface area contributed by atoms with Gasteiger partial charge in [-0.25, -0.2) is 9.18 Å². The van der Waals surface area contributed by atoms with Gasteiger partial charge in [-0.3, -0.25) is 0 Å². The fourth-order valence-corrected chi connectivity index (χ4v) is 1.07. The molecule has 84 valence electrons. The number of unbranched alkanes of at least 4 members (excludes halogenated alkanes) is 3. The standard InChI is InChI=1S/C9H15F3O2/c1-2-3-4-5-6-7(10)9(11,12)8(13)14/h7H,2-6H2,1H3,(H,13,14). The fraction of sp³-hybridized carbons (Fsp3) is 0.889. The molecule has 0 aliphatic carbocycles. The summed E-state index contributed by atoms with van der Waals surface area (Å²) < 4.78 is 37.7. The first-order valence-electron chi connectivity index (χ1n) is 4.68. The van der Waals surface area contributed by atoms with Crippen LogP contribution in [0.15, 0.2) is 0 Å². The van der Waals surface area contributed by atoms with E-state index >= 15 is 0 Å². The summed E-state index contributed by atoms with van der Waals surface area (Å²) in [6.07, 6.45) is -0.224. The predicted molar refractivity (Wildman–Crippen MR) is 46.2 cm³/mol. The van der Waals surface area contributed by atoms with Crippen LogP contribution in [-0.4, -0.2) is 23.2 Å². The lowest BCUT2D eigenvalue weighted by molar-refractivity contribution is -0.175. The third kappa shape index (κ3) is 3.98. The van der Waals surface area contributed by atoms with Crippen molar-refractivity contribution in [1.29, 1.82) is 0 Å². The maximum atomic E-state index is 12.7. The fourth-order valence-electron chi connectivity index (χ4n) is 1.07. The molecule has 0 saturated heterocycles. The number of halogens is 3. The lowest BCUT2D eigenvalue weighted by atomic mass is 10.1. The van der Waals surface area contributed by atoms with Crippen LogP contribution in [0, 0.1) is 0 Å². The van der Waals surface area contributed by atoms with Crippen LogP contribution in [0.2, 0.25) is 0 Å². The van der Waals surface area contributed by atoms with Crippen molar-refractivity contribution in [2.24, 2.45) is 0 Å². The van der Waals surface area contributed by atoms with Crippen LogP contribution in [-0.2, 0) is 4.79 Å². The minimum atomic E-state index is -4.24. The van der Waals surface area contributed by atoms with Gasteiger partial charge in [0.2, 0.25) is 0 Å². The molecule has 0 bridgehead atoms. The second-order valence-electron chi connectivity index (χ2n) is 3.24. The van der Waals surface area contributed by atoms with Crippen molar-refractivity contribution < 1.29 is 23.1 Å². The number of rotatable bonds is 7. The molecule has 1 atom stereocenters. The highest BCUT2D eigenvalue weighted by Crippen LogP contribution is 2.26. The zero-order valence-electron chi connectivity index (χ0n) is 8.10. The number of aliphatic carboxylic acids is 1. The third-order valence-electron chi connectivity index (χ3n) is 1.99. The maximum Gasteiger partial charge on any atom is 0.377 e. The molecule has 0 aliphatic heterocycles. The smallest absolute Gasteiger partial charge is 0.377 e. The normalized spacial score (nSPS) is 14.0. The van der Waals surface area contributed by atoms with Crippen LogP contribution >= 0.6 is 0 Å². The topological polar surface area (TPSA) is 37.3 Å². The molecule has 5 heteroatoms. The molecular weight excluding hydrogens is 197 g/mol. The van der Waals surface area contributed by atoms with Gasteiger partial charge in [0.1, 0.15) is 0 Å². The van der Waals surface area contributed by atoms with E-state index in [9.17, 15) is 18.0 Å². The Morgan fingerprint density at radius 2 is 1.93 bits per heavy atom. The molecule has 0 amide bonds. The third-order valence-corrected chi connectivity index (χ3v) is 1.99. The minimum absolute atomic E-state index is 0.303. The van der Waals surface area contributed by atoms with Gasteiger partial charge in [-0.05, 0) is 6.42 Å². The van der Waals surface area contributed by atoms with Crippen LogP contribution in [0.5, 0.6) is 0 Å². The van der Waals surface area contributed by atoms with E-state index in [1.807, 2.05) is 6.92 Å². The minimum Gasteiger partial charge on any atom is -0.477 e. The Labute approximate surface area is 81.1 Å². The van der Waals surface area contributed by atoms with Gasteiger partial charge in [-0.15, -0.1) is 0 Å². The summed E-state index contributed by atoms with van der Waals surface area (Å²) in [6, 6.07) is 0. The van der Waals surface area contributed by atoms with Crippen LogP contribution in [0.25, 0.3) is 0 Å². The van der Waals surface area contributed by atoms with Crippen LogP contribution < -0.4 is 0 Å². The number of carbonyl (C=O) groups is 1. The average molecular weight is 212 g/mol. The summed E-state index contributed by atoms with van der Waals surface area (Å²) in [7, 11) is 0. The van der Waals surface area contributed by atoms with Crippen LogP contribution in [0.3, 0.4) is 0 Å². The molecule has 14 heavy (non-hydrogen) atoms. The number of carboxylic acids is 1. The molecule has 0 fully saturated rings. The van der Waals surface area contributed by atoms with Gasteiger partial charge in [-0.2, -0.15) is 8.78 Å². The summed E-state index contributed by atoms with van der Waals surface area (Å²) in [5.41, 5.74) is 0. The van der Waals surface area contributed by atoms with Gasteiger partial charge in [0.05, 0.1) is 0 Å². The molecule has 1 unspecified atom stereocenters. The molecule has 0 spiro atoms. The highest BCUT2D eigenvalue weighted by molar-refractivity contribution is 5.76. The van der Waals surface area contributed by atoms with E-state index in [4.69, 9.17) is 5.11 Å². The summed E-state index contributed by atoms with van der Waals surface area (Å²) in [5.74, 6) is -6.63. The summed E-state index contributed by atoms with van der Waals surface area (Å²) in [6.45, 7) is 1.94. The largest absolute Gasteiger partial charge is 0.477 e. The Hall–Kier alpha value is -0.740. The Morgan fingerprint density at radius 3 is 2.36 bits per heavy atom. The van der Waals surface area contributed by atoms with Crippen molar-refractivity contribution in [3.63, 3.8) is 0 Å². The van der Waals surface area contributed by atoms with E-state index in [0.717, 1.165) is 12.8 Å². The number of hydrogen-bond donors (Lipinski definition) is 1. The van der Waals surface area contributed by atoms with Crippen LogP contribution in [0.1, 0.15) is 39.0 Å². The van der Waals surface area contributed by atoms with Crippen molar-refractivity contribution in [3.05, 3.63) is 0 Å². The first kappa shape index (κ1) is 13.3. The molecular formula is C9H15F3O2. The molecule has 0 aromatic rings. The van der Waals surface area contributed by atoms with Crippen molar-refractivity contribution in [2.45, 2.75) is 51.1 Å². The van der Waals surface area contributed by atoms with Gasteiger partial charge >= 0.3 is 11.9 Å². The van der Waals surface area contributed by atoms with Crippen molar-refractivity contribution in [1.82, 2.24) is 0 Å². The zero-order chi connectivity index (χ0) is 11.2. The van der Waals surface area contributed by atoms with E-state index in [1.165, 1.54) is 0 Å². The first-order valence-corrected chi connectivity index (χ1v) is 4.68. The van der Waals surface area contributed by atoms with Gasteiger partial charge in [0.15, 0.2) is 6.17 Å². The Kier molecular flexibility index (Phi) is 5.57. The van der Waals surface area contributed by atoms with Crippen LogP contribution in [0.4, 0.5) is 13.2 Å². The summed E-state index contributed by atoms with van der Waals surface area (Å²) in [5, 5.41) is 8.02. The van der Waals surface area contributed by atoms with Gasteiger partial charge < -0.3 is 5.11 Å². The predicted octanol–water partition coefficient (Wildman–Crippen LogP) is 3.01. The lowest BCUT2D eigenvalue weighted by Crippen LogP contribution is -2.38. The molecule has 0 radical (unpaired) electrons. The van der Waals surface area contributed by atoms with E-state index in [-0.39, 0.29) is 6.42 Å². The Balaban J connectivity index is 3.83. The van der Waals surface area contributed by atoms with Crippen molar-refractivity contribution in [2.75, 3.05) is 0 Å². The number of alkyl halides is 3. The lowest BCUT2D eigenvalue weighted by Gasteiger charge is -2.15. The van der Waals surface area contributed by atoms with Gasteiger partial charge in [-0.1, -0.05) is 32.6 Å². The highest BCUT2D eigenvalue weighted by Gasteiger charge is 2.47. The molecule has 0 aliphatic rings. The number of carboxylic acid groups (broad SMARTS) is 1. The molecule has 0 aromatic heterocycles. The van der Waals surface area contributed by atoms with E-state index in [2.05, 4.69) is 0 Å². The Morgan fingerprint density at radius 1 is 1.36 bits per heavy atom. The molecule has 0 aromatic carbocycles. The quantitative estimate of drug-likeness (QED) is 0.658. The van der Waals surface area contributed by atoms with Crippen molar-refractivity contribution in [3.8, 4) is 0 Å². The first-order chi connectivity index (χ1) is 6.42. The summed E-state index contributed by atoms with van der Waals surface area (Å²) in [4.78, 5) is 9.96. The second kappa shape index (κ2) is 5.88. The molecule has 1 N–H and O–H groups in total. The molecule has 0 saturated carbocycles.